The number of carbonyl (C=O) groups is 2. The van der Waals surface area contributed by atoms with E-state index in [0.717, 1.165) is 0 Å². The summed E-state index contributed by atoms with van der Waals surface area (Å²) in [6, 6.07) is 9.91. The Bertz CT molecular complexity index is 2410. The number of nitrogens with zero attached hydrogens (tertiary/aromatic N) is 2. The molecular formula is C40H37ClN2O8. The van der Waals surface area contributed by atoms with E-state index in [9.17, 15) is 40.2 Å². The summed E-state index contributed by atoms with van der Waals surface area (Å²) in [4.78, 5) is 26.0. The molecule has 10 nitrogen and oxygen atoms in total. The summed E-state index contributed by atoms with van der Waals surface area (Å²) in [5.41, 5.74) is 2.42. The number of aryl methyl sites for hydroxylation is 2. The lowest BCUT2D eigenvalue weighted by Crippen LogP contribution is -2.21. The zero-order chi connectivity index (χ0) is 37.4. The second-order valence-corrected chi connectivity index (χ2v) is 13.9. The second kappa shape index (κ2) is 12.5. The number of hydrogen-bond donors (Lipinski definition) is 6. The standard InChI is InChI=1S/C40H37ClN2O8/c1-16(2)28-24-12-18(5)30(31-19(6)13-25-29(17(3)4)39(50)35(46)27(15-44)33(25)37(31)48)36(47)32(24)26(34(45)38(28)49)14-23-20(7)42-43(40(23)51)22-10-8-21(41)9-11-22/h8-17,45-50H,1-7H3/b23-14-. The molecule has 1 amide bonds. The third-order valence-corrected chi connectivity index (χ3v) is 9.78. The van der Waals surface area contributed by atoms with Crippen LogP contribution in [0.25, 0.3) is 38.7 Å². The highest BCUT2D eigenvalue weighted by Crippen LogP contribution is 2.55. The monoisotopic (exact) mass is 708 g/mol. The molecule has 0 radical (unpaired) electrons. The Morgan fingerprint density at radius 1 is 0.686 bits per heavy atom. The van der Waals surface area contributed by atoms with Gasteiger partial charge in [0, 0.05) is 43.6 Å². The first kappa shape index (κ1) is 35.1. The molecule has 0 spiro atoms. The number of halogens is 1. The molecule has 0 saturated carbocycles. The highest BCUT2D eigenvalue weighted by Gasteiger charge is 2.33. The molecule has 5 aromatic carbocycles. The number of aldehydes is 1. The fraction of sp³-hybridized carbons (Fsp3) is 0.225. The van der Waals surface area contributed by atoms with E-state index < -0.39 is 34.7 Å². The molecule has 0 unspecified atom stereocenters. The topological polar surface area (TPSA) is 171 Å². The van der Waals surface area contributed by atoms with Crippen molar-refractivity contribution in [1.29, 1.82) is 0 Å². The van der Waals surface area contributed by atoms with E-state index in [1.807, 2.05) is 13.8 Å². The Morgan fingerprint density at radius 2 is 1.14 bits per heavy atom. The first-order valence-corrected chi connectivity index (χ1v) is 16.7. The Hall–Kier alpha value is -5.74. The van der Waals surface area contributed by atoms with Gasteiger partial charge < -0.3 is 30.6 Å². The Labute approximate surface area is 298 Å². The van der Waals surface area contributed by atoms with Crippen LogP contribution in [0, 0.1) is 13.8 Å². The zero-order valence-electron chi connectivity index (χ0n) is 29.0. The largest absolute Gasteiger partial charge is 0.507 e. The van der Waals surface area contributed by atoms with Crippen LogP contribution >= 0.6 is 11.6 Å². The number of phenols is 6. The first-order chi connectivity index (χ1) is 24.0. The van der Waals surface area contributed by atoms with Crippen LogP contribution in [0.3, 0.4) is 0 Å². The lowest BCUT2D eigenvalue weighted by atomic mass is 9.83. The Morgan fingerprint density at radius 3 is 1.59 bits per heavy atom. The average Bonchev–Trinajstić information content (AvgIpc) is 3.34. The highest BCUT2D eigenvalue weighted by atomic mass is 35.5. The van der Waals surface area contributed by atoms with Crippen LogP contribution in [0.15, 0.2) is 47.1 Å². The number of phenolic OH excluding ortho intramolecular Hbond substituents is 6. The summed E-state index contributed by atoms with van der Waals surface area (Å²) < 4.78 is 0. The molecule has 51 heavy (non-hydrogen) atoms. The molecule has 6 N–H and O–H groups in total. The minimum Gasteiger partial charge on any atom is -0.507 e. The molecule has 5 aromatic rings. The van der Waals surface area contributed by atoms with Crippen molar-refractivity contribution in [3.05, 3.63) is 80.4 Å². The van der Waals surface area contributed by atoms with E-state index in [4.69, 9.17) is 11.6 Å². The van der Waals surface area contributed by atoms with E-state index in [1.54, 1.807) is 71.0 Å². The molecule has 0 atom stereocenters. The van der Waals surface area contributed by atoms with Gasteiger partial charge in [-0.15, -0.1) is 0 Å². The molecule has 6 rings (SSSR count). The quantitative estimate of drug-likeness (QED) is 0.0576. The summed E-state index contributed by atoms with van der Waals surface area (Å²) in [5.74, 6) is -4.05. The maximum atomic E-state index is 13.7. The Kier molecular flexibility index (Phi) is 8.63. The molecule has 0 saturated heterocycles. The molecule has 0 aliphatic carbocycles. The van der Waals surface area contributed by atoms with Gasteiger partial charge in [0.2, 0.25) is 0 Å². The minimum atomic E-state index is -0.674. The molecule has 262 valence electrons. The summed E-state index contributed by atoms with van der Waals surface area (Å²) in [6.45, 7) is 12.3. The van der Waals surface area contributed by atoms with Crippen molar-refractivity contribution in [3.63, 3.8) is 0 Å². The molecule has 1 heterocycles. The second-order valence-electron chi connectivity index (χ2n) is 13.5. The number of benzene rings is 5. The van der Waals surface area contributed by atoms with E-state index >= 15 is 0 Å². The highest BCUT2D eigenvalue weighted by molar-refractivity contribution is 6.33. The van der Waals surface area contributed by atoms with Crippen molar-refractivity contribution < 1.29 is 40.2 Å². The average molecular weight is 709 g/mol. The van der Waals surface area contributed by atoms with E-state index in [0.29, 0.717) is 55.7 Å². The maximum absolute atomic E-state index is 13.7. The number of hydrogen-bond acceptors (Lipinski definition) is 9. The van der Waals surface area contributed by atoms with Gasteiger partial charge >= 0.3 is 0 Å². The third kappa shape index (κ3) is 5.29. The van der Waals surface area contributed by atoms with Gasteiger partial charge in [0.05, 0.1) is 22.5 Å². The van der Waals surface area contributed by atoms with Crippen LogP contribution in [-0.2, 0) is 4.79 Å². The van der Waals surface area contributed by atoms with Crippen LogP contribution in [0.1, 0.15) is 84.6 Å². The lowest BCUT2D eigenvalue weighted by molar-refractivity contribution is -0.114. The van der Waals surface area contributed by atoms with Crippen LogP contribution in [-0.4, -0.2) is 48.5 Å². The Balaban J connectivity index is 1.71. The molecule has 11 heteroatoms. The fourth-order valence-corrected chi connectivity index (χ4v) is 7.34. The number of rotatable bonds is 6. The van der Waals surface area contributed by atoms with Gasteiger partial charge in [-0.25, -0.2) is 0 Å². The molecule has 0 bridgehead atoms. The van der Waals surface area contributed by atoms with Gasteiger partial charge in [-0.3, -0.25) is 9.59 Å². The summed E-state index contributed by atoms with van der Waals surface area (Å²) in [6.07, 6.45) is 1.72. The van der Waals surface area contributed by atoms with Crippen LogP contribution < -0.4 is 5.01 Å². The number of aromatic hydroxyl groups is 6. The summed E-state index contributed by atoms with van der Waals surface area (Å²) >= 11 is 6.04. The van der Waals surface area contributed by atoms with Gasteiger partial charge in [-0.1, -0.05) is 51.4 Å². The lowest BCUT2D eigenvalue weighted by Gasteiger charge is -2.23. The van der Waals surface area contributed by atoms with Gasteiger partial charge in [-0.2, -0.15) is 10.1 Å². The van der Waals surface area contributed by atoms with E-state index in [-0.39, 0.29) is 56.2 Å². The molecule has 0 fully saturated rings. The van der Waals surface area contributed by atoms with Crippen molar-refractivity contribution in [1.82, 2.24) is 0 Å². The van der Waals surface area contributed by atoms with Crippen molar-refractivity contribution >= 4 is 62.8 Å². The van der Waals surface area contributed by atoms with Crippen molar-refractivity contribution in [3.8, 4) is 45.6 Å². The number of fused-ring (bicyclic) bond motifs is 2. The molecule has 0 aromatic heterocycles. The normalized spacial score (nSPS) is 14.2. The maximum Gasteiger partial charge on any atom is 0.280 e. The zero-order valence-corrected chi connectivity index (χ0v) is 29.8. The van der Waals surface area contributed by atoms with Gasteiger partial charge in [0.15, 0.2) is 29.3 Å². The minimum absolute atomic E-state index is 0.00654. The molecule has 1 aliphatic heterocycles. The smallest absolute Gasteiger partial charge is 0.280 e. The van der Waals surface area contributed by atoms with Crippen molar-refractivity contribution in [2.75, 3.05) is 5.01 Å². The number of hydrazone groups is 1. The SMILES string of the molecule is CC1=NN(c2ccc(Cl)cc2)C(=O)/C1=C\c1c(O)c(O)c(C(C)C)c2cc(C)c(-c3c(C)cc4c(C(C)C)c(O)c(O)c(C=O)c4c3O)c(O)c12. The molecule has 1 aliphatic rings. The number of amides is 1. The van der Waals surface area contributed by atoms with Gasteiger partial charge in [-0.05, 0) is 84.8 Å². The fourth-order valence-electron chi connectivity index (χ4n) is 7.21. The van der Waals surface area contributed by atoms with Crippen LogP contribution in [0.5, 0.6) is 34.5 Å². The predicted molar refractivity (Wildman–Crippen MR) is 200 cm³/mol. The van der Waals surface area contributed by atoms with Gasteiger partial charge in [0.1, 0.15) is 11.5 Å². The number of anilines is 1. The van der Waals surface area contributed by atoms with Crippen LogP contribution in [0.4, 0.5) is 5.69 Å². The summed E-state index contributed by atoms with van der Waals surface area (Å²) in [5, 5.41) is 75.8. The van der Waals surface area contributed by atoms with Crippen LogP contribution in [0.2, 0.25) is 5.02 Å². The van der Waals surface area contributed by atoms with Gasteiger partial charge in [0.25, 0.3) is 5.91 Å². The third-order valence-electron chi connectivity index (χ3n) is 9.53. The van der Waals surface area contributed by atoms with E-state index in [2.05, 4.69) is 5.10 Å². The predicted octanol–water partition coefficient (Wildman–Crippen LogP) is 9.03. The first-order valence-electron chi connectivity index (χ1n) is 16.3. The van der Waals surface area contributed by atoms with Crippen molar-refractivity contribution in [2.24, 2.45) is 5.10 Å². The molecular weight excluding hydrogens is 672 g/mol. The summed E-state index contributed by atoms with van der Waals surface area (Å²) in [7, 11) is 0. The van der Waals surface area contributed by atoms with Crippen molar-refractivity contribution in [2.45, 2.75) is 60.3 Å². The number of carbonyl (C=O) groups excluding carboxylic acids is 2. The van der Waals surface area contributed by atoms with E-state index in [1.165, 1.54) is 11.1 Å².